The molecule has 0 saturated heterocycles. The van der Waals surface area contributed by atoms with Crippen LogP contribution in [0.2, 0.25) is 0 Å². The maximum Gasteiger partial charge on any atom is 0.0594 e. The van der Waals surface area contributed by atoms with E-state index in [1.54, 1.807) is 24.6 Å². The molecule has 0 aliphatic rings. The van der Waals surface area contributed by atoms with E-state index >= 15 is 0 Å². The molecule has 0 aliphatic carbocycles. The Morgan fingerprint density at radius 3 is 0.842 bits per heavy atom. The van der Waals surface area contributed by atoms with Crippen LogP contribution >= 0.6 is 7.26 Å². The second kappa shape index (κ2) is 16.3. The van der Waals surface area contributed by atoms with Gasteiger partial charge in [0, 0.05) is 7.26 Å². The molecule has 0 radical (unpaired) electrons. The number of hydrogen-bond donors (Lipinski definition) is 0. The Balaban J connectivity index is -0.00000128. The molecule has 0 bridgehead atoms. The van der Waals surface area contributed by atoms with Crippen molar-refractivity contribution in [1.82, 2.24) is 0 Å². The zero-order valence-electron chi connectivity index (χ0n) is 13.7. The van der Waals surface area contributed by atoms with Crippen LogP contribution in [0.15, 0.2) is 0 Å². The van der Waals surface area contributed by atoms with E-state index < -0.39 is 7.26 Å². The smallest absolute Gasteiger partial charge is 0.0594 e. The van der Waals surface area contributed by atoms with Crippen molar-refractivity contribution in [3.8, 4) is 0 Å². The molecule has 0 aromatic heterocycles. The van der Waals surface area contributed by atoms with Crippen LogP contribution in [-0.4, -0.2) is 24.6 Å². The van der Waals surface area contributed by atoms with Crippen LogP contribution in [0.1, 0.15) is 79.1 Å². The highest BCUT2D eigenvalue weighted by Gasteiger charge is 2.34. The summed E-state index contributed by atoms with van der Waals surface area (Å²) in [5.74, 6) is 0. The van der Waals surface area contributed by atoms with Crippen LogP contribution in [0.3, 0.4) is 0 Å². The Bertz CT molecular complexity index is 125. The Hall–Kier alpha value is 0.290. The molecule has 0 aromatic rings. The largest absolute Gasteiger partial charge is 0.269 e. The van der Waals surface area contributed by atoms with Gasteiger partial charge in [-0.1, -0.05) is 53.4 Å². The average Bonchev–Trinajstić information content (AvgIpc) is 2.37. The third-order valence-electron chi connectivity index (χ3n) is 3.94. The zero-order chi connectivity index (χ0) is 13.0. The Morgan fingerprint density at radius 2 is 0.684 bits per heavy atom. The minimum atomic E-state index is -0.562. The summed E-state index contributed by atoms with van der Waals surface area (Å²) in [6.45, 7) is 9.42. The van der Waals surface area contributed by atoms with Crippen molar-refractivity contribution in [3.05, 3.63) is 0 Å². The normalized spacial score (nSPS) is 10.7. The van der Waals surface area contributed by atoms with Gasteiger partial charge in [-0.15, -0.1) is 0 Å². The van der Waals surface area contributed by atoms with Crippen LogP contribution in [0.4, 0.5) is 9.41 Å². The van der Waals surface area contributed by atoms with Crippen molar-refractivity contribution in [1.29, 1.82) is 0 Å². The SMILES string of the molecule is CCCC[P+](CCCC)(CCCC)CCCC.F.F. The summed E-state index contributed by atoms with van der Waals surface area (Å²) in [6.07, 6.45) is 17.9. The molecule has 3 heteroatoms. The second-order valence-corrected chi connectivity index (χ2v) is 10.1. The third-order valence-corrected chi connectivity index (χ3v) is 9.00. The van der Waals surface area contributed by atoms with E-state index in [9.17, 15) is 0 Å². The first-order valence-corrected chi connectivity index (χ1v) is 10.6. The predicted octanol–water partition coefficient (Wildman–Crippen LogP) is 6.51. The fraction of sp³-hybridized carbons (Fsp3) is 1.00. The highest BCUT2D eigenvalue weighted by Crippen LogP contribution is 2.61. The molecular formula is C16H38F2P+. The summed E-state index contributed by atoms with van der Waals surface area (Å²) in [4.78, 5) is 0. The lowest BCUT2D eigenvalue weighted by Gasteiger charge is -2.28. The molecule has 120 valence electrons. The maximum atomic E-state index is 2.36. The standard InChI is InChI=1S/C16H36P.2FH/c1-5-9-13-17(14-10-6-2,15-11-7-3)16-12-8-4;;/h5-16H2,1-4H3;2*1H/q+1;;. The van der Waals surface area contributed by atoms with Gasteiger partial charge in [0.25, 0.3) is 0 Å². The average molecular weight is 299 g/mol. The van der Waals surface area contributed by atoms with E-state index in [1.165, 1.54) is 51.4 Å². The highest BCUT2D eigenvalue weighted by molar-refractivity contribution is 7.75. The van der Waals surface area contributed by atoms with Gasteiger partial charge in [0.05, 0.1) is 24.6 Å². The van der Waals surface area contributed by atoms with Crippen LogP contribution in [0, 0.1) is 0 Å². The van der Waals surface area contributed by atoms with Crippen molar-refractivity contribution in [3.63, 3.8) is 0 Å². The van der Waals surface area contributed by atoms with Gasteiger partial charge in [0.2, 0.25) is 0 Å². The van der Waals surface area contributed by atoms with E-state index in [-0.39, 0.29) is 9.41 Å². The first kappa shape index (κ1) is 24.3. The van der Waals surface area contributed by atoms with Gasteiger partial charge >= 0.3 is 0 Å². The zero-order valence-corrected chi connectivity index (χ0v) is 14.6. The first-order chi connectivity index (χ1) is 8.24. The maximum absolute atomic E-state index is 2.36. The van der Waals surface area contributed by atoms with Gasteiger partial charge in [-0.3, -0.25) is 9.41 Å². The molecule has 0 heterocycles. The van der Waals surface area contributed by atoms with E-state index in [4.69, 9.17) is 0 Å². The monoisotopic (exact) mass is 299 g/mol. The lowest BCUT2D eigenvalue weighted by atomic mass is 10.4. The summed E-state index contributed by atoms with van der Waals surface area (Å²) < 4.78 is 0. The van der Waals surface area contributed by atoms with Gasteiger partial charge in [0.15, 0.2) is 0 Å². The molecule has 0 unspecified atom stereocenters. The minimum absolute atomic E-state index is 0. The second-order valence-electron chi connectivity index (χ2n) is 5.65. The van der Waals surface area contributed by atoms with Crippen LogP contribution in [-0.2, 0) is 0 Å². The molecule has 0 fully saturated rings. The first-order valence-electron chi connectivity index (χ1n) is 8.09. The summed E-state index contributed by atoms with van der Waals surface area (Å²) >= 11 is 0. The quantitative estimate of drug-likeness (QED) is 0.360. The minimum Gasteiger partial charge on any atom is -0.269 e. The van der Waals surface area contributed by atoms with Crippen molar-refractivity contribution in [2.24, 2.45) is 0 Å². The van der Waals surface area contributed by atoms with Gasteiger partial charge in [-0.05, 0) is 25.7 Å². The lowest BCUT2D eigenvalue weighted by Crippen LogP contribution is -2.12. The van der Waals surface area contributed by atoms with E-state index in [0.29, 0.717) is 0 Å². The Labute approximate surface area is 121 Å². The number of halogens is 2. The van der Waals surface area contributed by atoms with Gasteiger partial charge in [-0.2, -0.15) is 0 Å². The summed E-state index contributed by atoms with van der Waals surface area (Å²) in [5.41, 5.74) is 0. The molecule has 0 aliphatic heterocycles. The summed E-state index contributed by atoms with van der Waals surface area (Å²) in [6, 6.07) is 0. The van der Waals surface area contributed by atoms with Gasteiger partial charge in [0.1, 0.15) is 0 Å². The van der Waals surface area contributed by atoms with E-state index in [2.05, 4.69) is 27.7 Å². The molecule has 0 aromatic carbocycles. The topological polar surface area (TPSA) is 0 Å². The molecule has 0 saturated carbocycles. The molecule has 0 nitrogen and oxygen atoms in total. The fourth-order valence-corrected chi connectivity index (χ4v) is 7.93. The van der Waals surface area contributed by atoms with Gasteiger partial charge < -0.3 is 0 Å². The van der Waals surface area contributed by atoms with Crippen molar-refractivity contribution >= 4 is 7.26 Å². The van der Waals surface area contributed by atoms with Gasteiger partial charge in [-0.25, -0.2) is 0 Å². The molecule has 0 atom stereocenters. The van der Waals surface area contributed by atoms with E-state index in [1.807, 2.05) is 0 Å². The number of rotatable bonds is 12. The predicted molar refractivity (Wildman–Crippen MR) is 91.0 cm³/mol. The van der Waals surface area contributed by atoms with Crippen LogP contribution < -0.4 is 0 Å². The lowest BCUT2D eigenvalue weighted by molar-refractivity contribution is 0.814. The van der Waals surface area contributed by atoms with Crippen molar-refractivity contribution in [2.75, 3.05) is 24.6 Å². The van der Waals surface area contributed by atoms with Crippen LogP contribution in [0.5, 0.6) is 0 Å². The molecular weight excluding hydrogens is 261 g/mol. The molecule has 0 rings (SSSR count). The number of hydrogen-bond acceptors (Lipinski definition) is 0. The molecule has 0 spiro atoms. The Kier molecular flexibility index (Phi) is 20.9. The Morgan fingerprint density at radius 1 is 0.474 bits per heavy atom. The fourth-order valence-electron chi connectivity index (χ4n) is 2.64. The number of unbranched alkanes of at least 4 members (excludes halogenated alkanes) is 4. The summed E-state index contributed by atoms with van der Waals surface area (Å²) in [7, 11) is -0.562. The molecule has 0 amide bonds. The third kappa shape index (κ3) is 11.8. The molecule has 19 heavy (non-hydrogen) atoms. The van der Waals surface area contributed by atoms with Crippen molar-refractivity contribution in [2.45, 2.75) is 79.1 Å². The van der Waals surface area contributed by atoms with Crippen LogP contribution in [0.25, 0.3) is 0 Å². The highest BCUT2D eigenvalue weighted by atomic mass is 31.2. The van der Waals surface area contributed by atoms with E-state index in [0.717, 1.165) is 0 Å². The summed E-state index contributed by atoms with van der Waals surface area (Å²) in [5, 5.41) is 0. The molecule has 0 N–H and O–H groups in total. The van der Waals surface area contributed by atoms with Crippen molar-refractivity contribution < 1.29 is 9.41 Å².